The molecule has 1 N–H and O–H groups in total. The summed E-state index contributed by atoms with van der Waals surface area (Å²) in [5.74, 6) is -0.582. The van der Waals surface area contributed by atoms with E-state index in [0.717, 1.165) is 12.8 Å². The highest BCUT2D eigenvalue weighted by atomic mass is 19.1. The summed E-state index contributed by atoms with van der Waals surface area (Å²) < 4.78 is 19.9. The summed E-state index contributed by atoms with van der Waals surface area (Å²) in [5.41, 5.74) is 1.13. The lowest BCUT2D eigenvalue weighted by atomic mass is 9.94. The zero-order valence-corrected chi connectivity index (χ0v) is 15.3. The van der Waals surface area contributed by atoms with Crippen LogP contribution in [-0.2, 0) is 16.1 Å². The van der Waals surface area contributed by atoms with Gasteiger partial charge < -0.3 is 15.0 Å². The predicted octanol–water partition coefficient (Wildman–Crippen LogP) is 2.52. The van der Waals surface area contributed by atoms with Crippen molar-refractivity contribution in [2.75, 3.05) is 31.2 Å². The number of ether oxygens (including phenoxy) is 1. The Hall–Kier alpha value is -2.15. The van der Waals surface area contributed by atoms with E-state index in [1.807, 2.05) is 18.7 Å². The van der Waals surface area contributed by atoms with E-state index in [0.29, 0.717) is 37.6 Å². The lowest BCUT2D eigenvalue weighted by Crippen LogP contribution is -2.41. The molecule has 0 radical (unpaired) electrons. The Kier molecular flexibility index (Phi) is 5.76. The quantitative estimate of drug-likeness (QED) is 0.789. The number of urea groups is 1. The van der Waals surface area contributed by atoms with Gasteiger partial charge in [0.05, 0.1) is 18.8 Å². The third kappa shape index (κ3) is 3.67. The van der Waals surface area contributed by atoms with Crippen LogP contribution in [0.15, 0.2) is 18.2 Å². The predicted molar refractivity (Wildman–Crippen MR) is 96.4 cm³/mol. The Balaban J connectivity index is 1.71. The maximum Gasteiger partial charge on any atom is 0.325 e. The van der Waals surface area contributed by atoms with Gasteiger partial charge in [0, 0.05) is 25.6 Å². The fraction of sp³-hybridized carbons (Fsp3) is 0.579. The minimum absolute atomic E-state index is 0.00646. The van der Waals surface area contributed by atoms with E-state index >= 15 is 0 Å². The summed E-state index contributed by atoms with van der Waals surface area (Å²) in [6, 6.07) is 3.93. The molecule has 2 saturated heterocycles. The monoisotopic (exact) mass is 363 g/mol. The summed E-state index contributed by atoms with van der Waals surface area (Å²) in [6.07, 6.45) is 1.75. The van der Waals surface area contributed by atoms with Crippen molar-refractivity contribution in [3.05, 3.63) is 29.6 Å². The molecule has 1 aromatic carbocycles. The molecule has 0 saturated carbocycles. The molecule has 2 aliphatic rings. The molecule has 2 heterocycles. The topological polar surface area (TPSA) is 61.9 Å². The molecule has 0 aromatic heterocycles. The molecule has 0 spiro atoms. The summed E-state index contributed by atoms with van der Waals surface area (Å²) >= 11 is 0. The Morgan fingerprint density at radius 1 is 1.31 bits per heavy atom. The van der Waals surface area contributed by atoms with Gasteiger partial charge in [-0.1, -0.05) is 6.07 Å². The van der Waals surface area contributed by atoms with Crippen LogP contribution in [0.4, 0.5) is 14.9 Å². The van der Waals surface area contributed by atoms with Crippen molar-refractivity contribution >= 4 is 17.6 Å². The van der Waals surface area contributed by atoms with Crippen molar-refractivity contribution in [1.82, 2.24) is 10.2 Å². The van der Waals surface area contributed by atoms with Gasteiger partial charge in [0.15, 0.2) is 0 Å². The molecule has 0 aliphatic carbocycles. The van der Waals surface area contributed by atoms with E-state index in [4.69, 9.17) is 4.74 Å². The first-order chi connectivity index (χ1) is 12.5. The molecule has 7 heteroatoms. The normalized spacial score (nSPS) is 23.3. The fourth-order valence-corrected chi connectivity index (χ4v) is 3.69. The molecule has 0 bridgehead atoms. The van der Waals surface area contributed by atoms with Gasteiger partial charge >= 0.3 is 6.03 Å². The van der Waals surface area contributed by atoms with E-state index in [2.05, 4.69) is 5.32 Å². The first kappa shape index (κ1) is 18.6. The molecule has 142 valence electrons. The van der Waals surface area contributed by atoms with Crippen molar-refractivity contribution in [2.24, 2.45) is 5.92 Å². The van der Waals surface area contributed by atoms with E-state index in [1.54, 1.807) is 12.1 Å². The van der Waals surface area contributed by atoms with Crippen molar-refractivity contribution in [1.29, 1.82) is 0 Å². The van der Waals surface area contributed by atoms with Gasteiger partial charge in [-0.3, -0.25) is 9.69 Å². The van der Waals surface area contributed by atoms with Crippen LogP contribution in [0.25, 0.3) is 0 Å². The van der Waals surface area contributed by atoms with E-state index < -0.39 is 12.1 Å². The summed E-state index contributed by atoms with van der Waals surface area (Å²) in [4.78, 5) is 28.0. The molecule has 3 rings (SSSR count). The number of nitrogens with zero attached hydrogens (tertiary/aromatic N) is 2. The Morgan fingerprint density at radius 2 is 2.08 bits per heavy atom. The number of rotatable bonds is 6. The summed E-state index contributed by atoms with van der Waals surface area (Å²) in [6.45, 7) is 6.63. The van der Waals surface area contributed by atoms with Crippen molar-refractivity contribution < 1.29 is 18.7 Å². The molecular weight excluding hydrogens is 337 g/mol. The fourth-order valence-electron chi connectivity index (χ4n) is 3.69. The number of carbonyl (C=O) groups is 2. The first-order valence-corrected chi connectivity index (χ1v) is 9.28. The molecule has 3 amide bonds. The molecule has 26 heavy (non-hydrogen) atoms. The van der Waals surface area contributed by atoms with Crippen LogP contribution >= 0.6 is 0 Å². The molecule has 2 fully saturated rings. The molecule has 0 unspecified atom stereocenters. The number of nitrogens with one attached hydrogen (secondary N) is 1. The van der Waals surface area contributed by atoms with Crippen LogP contribution in [0.3, 0.4) is 0 Å². The van der Waals surface area contributed by atoms with Crippen LogP contribution in [-0.4, -0.2) is 49.2 Å². The highest BCUT2D eigenvalue weighted by molar-refractivity contribution is 6.04. The minimum Gasteiger partial charge on any atom is -0.381 e. The van der Waals surface area contributed by atoms with Gasteiger partial charge in [-0.15, -0.1) is 0 Å². The van der Waals surface area contributed by atoms with Crippen LogP contribution in [0.2, 0.25) is 0 Å². The van der Waals surface area contributed by atoms with E-state index in [1.165, 1.54) is 11.0 Å². The number of anilines is 1. The minimum atomic E-state index is -0.539. The SMILES string of the molecule is CCN(CC)c1ccc(CN2C(=O)N[C@H]([C@@H]3CCCOC3)C2=O)cc1F. The average Bonchev–Trinajstić information content (AvgIpc) is 2.93. The number of benzene rings is 1. The zero-order chi connectivity index (χ0) is 18.7. The largest absolute Gasteiger partial charge is 0.381 e. The third-order valence-corrected chi connectivity index (χ3v) is 5.18. The van der Waals surface area contributed by atoms with Gasteiger partial charge in [0.1, 0.15) is 11.9 Å². The average molecular weight is 363 g/mol. The lowest BCUT2D eigenvalue weighted by Gasteiger charge is -2.25. The lowest BCUT2D eigenvalue weighted by molar-refractivity contribution is -0.130. The third-order valence-electron chi connectivity index (χ3n) is 5.18. The second-order valence-corrected chi connectivity index (χ2v) is 6.79. The number of hydrogen-bond acceptors (Lipinski definition) is 4. The summed E-state index contributed by atoms with van der Waals surface area (Å²) in [7, 11) is 0. The van der Waals surface area contributed by atoms with Gasteiger partial charge in [-0.25, -0.2) is 9.18 Å². The maximum absolute atomic E-state index is 14.4. The highest BCUT2D eigenvalue weighted by Gasteiger charge is 2.42. The van der Waals surface area contributed by atoms with E-state index in [9.17, 15) is 14.0 Å². The Labute approximate surface area is 153 Å². The first-order valence-electron chi connectivity index (χ1n) is 9.28. The Morgan fingerprint density at radius 3 is 2.69 bits per heavy atom. The van der Waals surface area contributed by atoms with Gasteiger partial charge in [-0.05, 0) is 44.4 Å². The van der Waals surface area contributed by atoms with Crippen molar-refractivity contribution in [3.8, 4) is 0 Å². The van der Waals surface area contributed by atoms with Crippen LogP contribution in [0, 0.1) is 11.7 Å². The number of amides is 3. The standard InChI is InChI=1S/C19H26FN3O3/c1-3-22(4-2)16-8-7-13(10-15(16)20)11-23-18(24)17(21-19(23)25)14-6-5-9-26-12-14/h7-8,10,14,17H,3-6,9,11-12H2,1-2H3,(H,21,25)/t14-,17-/m1/s1. The number of hydrogen-bond donors (Lipinski definition) is 1. The Bertz CT molecular complexity index is 672. The van der Waals surface area contributed by atoms with Gasteiger partial charge in [0.25, 0.3) is 5.91 Å². The van der Waals surface area contributed by atoms with Crippen LogP contribution < -0.4 is 10.2 Å². The smallest absolute Gasteiger partial charge is 0.325 e. The number of carbonyl (C=O) groups excluding carboxylic acids is 2. The highest BCUT2D eigenvalue weighted by Crippen LogP contribution is 2.25. The molecular formula is C19H26FN3O3. The van der Waals surface area contributed by atoms with Crippen LogP contribution in [0.1, 0.15) is 32.3 Å². The van der Waals surface area contributed by atoms with Crippen molar-refractivity contribution in [2.45, 2.75) is 39.3 Å². The zero-order valence-electron chi connectivity index (χ0n) is 15.3. The molecule has 2 aliphatic heterocycles. The van der Waals surface area contributed by atoms with E-state index in [-0.39, 0.29) is 24.2 Å². The second-order valence-electron chi connectivity index (χ2n) is 6.79. The second kappa shape index (κ2) is 8.03. The molecule has 1 aromatic rings. The number of halogens is 1. The maximum atomic E-state index is 14.4. The summed E-state index contributed by atoms with van der Waals surface area (Å²) in [5, 5.41) is 2.76. The molecule has 2 atom stereocenters. The van der Waals surface area contributed by atoms with Gasteiger partial charge in [-0.2, -0.15) is 0 Å². The van der Waals surface area contributed by atoms with Gasteiger partial charge in [0.2, 0.25) is 0 Å². The van der Waals surface area contributed by atoms with Crippen molar-refractivity contribution in [3.63, 3.8) is 0 Å². The van der Waals surface area contributed by atoms with Crippen LogP contribution in [0.5, 0.6) is 0 Å². The molecule has 6 nitrogen and oxygen atoms in total. The number of imide groups is 1.